The van der Waals surface area contributed by atoms with Crippen molar-refractivity contribution in [1.29, 1.82) is 5.26 Å². The van der Waals surface area contributed by atoms with Gasteiger partial charge in [-0.3, -0.25) is 4.79 Å². The number of hydrogen-bond donors (Lipinski definition) is 1. The van der Waals surface area contributed by atoms with Crippen molar-refractivity contribution in [2.75, 3.05) is 18.8 Å². The number of nitrogens with zero attached hydrogens (tertiary/aromatic N) is 2. The molecule has 1 unspecified atom stereocenters. The number of sulfonamides is 1. The number of hydrogen-bond acceptors (Lipinski definition) is 4. The van der Waals surface area contributed by atoms with Crippen LogP contribution >= 0.6 is 0 Å². The molecule has 1 saturated heterocycles. The molecule has 84 valence electrons. The zero-order valence-corrected chi connectivity index (χ0v) is 9.12. The fourth-order valence-corrected chi connectivity index (χ4v) is 2.70. The average molecular weight is 232 g/mol. The van der Waals surface area contributed by atoms with Gasteiger partial charge >= 0.3 is 5.97 Å². The zero-order chi connectivity index (χ0) is 11.7. The summed E-state index contributed by atoms with van der Waals surface area (Å²) in [5.74, 6) is -1.60. The van der Waals surface area contributed by atoms with Crippen molar-refractivity contribution in [3.63, 3.8) is 0 Å². The largest absolute Gasteiger partial charge is 0.481 e. The highest BCUT2D eigenvalue weighted by molar-refractivity contribution is 7.89. The van der Waals surface area contributed by atoms with E-state index in [0.717, 1.165) is 4.31 Å². The van der Waals surface area contributed by atoms with Crippen molar-refractivity contribution in [3.05, 3.63) is 0 Å². The molecule has 1 rings (SSSR count). The quantitative estimate of drug-likeness (QED) is 0.716. The van der Waals surface area contributed by atoms with Gasteiger partial charge in [-0.25, -0.2) is 8.42 Å². The maximum absolute atomic E-state index is 11.5. The number of carboxylic acid groups (broad SMARTS) is 1. The normalized spacial score (nSPS) is 27.5. The maximum atomic E-state index is 11.5. The lowest BCUT2D eigenvalue weighted by Gasteiger charge is -2.18. The van der Waals surface area contributed by atoms with Gasteiger partial charge in [0.2, 0.25) is 10.0 Å². The number of carboxylic acids is 1. The van der Waals surface area contributed by atoms with Gasteiger partial charge in [0.1, 0.15) is 0 Å². The molecule has 0 aromatic carbocycles. The van der Waals surface area contributed by atoms with E-state index in [4.69, 9.17) is 10.4 Å². The van der Waals surface area contributed by atoms with Gasteiger partial charge in [-0.2, -0.15) is 9.57 Å². The minimum Gasteiger partial charge on any atom is -0.481 e. The summed E-state index contributed by atoms with van der Waals surface area (Å²) >= 11 is 0. The Morgan fingerprint density at radius 3 is 2.67 bits per heavy atom. The summed E-state index contributed by atoms with van der Waals surface area (Å²) in [6.07, 6.45) is 0.285. The molecule has 0 radical (unpaired) electrons. The van der Waals surface area contributed by atoms with E-state index in [2.05, 4.69) is 0 Å². The average Bonchev–Trinajstić information content (AvgIpc) is 2.50. The lowest BCUT2D eigenvalue weighted by atomic mass is 9.90. The van der Waals surface area contributed by atoms with Crippen molar-refractivity contribution >= 4 is 16.0 Å². The van der Waals surface area contributed by atoms with Crippen LogP contribution in [0.25, 0.3) is 0 Å². The van der Waals surface area contributed by atoms with Gasteiger partial charge in [0.25, 0.3) is 0 Å². The van der Waals surface area contributed by atoms with Gasteiger partial charge < -0.3 is 5.11 Å². The second kappa shape index (κ2) is 3.79. The third kappa shape index (κ3) is 2.27. The molecule has 0 aliphatic carbocycles. The summed E-state index contributed by atoms with van der Waals surface area (Å²) in [6.45, 7) is 1.64. The second-order valence-corrected chi connectivity index (χ2v) is 5.83. The Bertz CT molecular complexity index is 411. The molecule has 7 heteroatoms. The third-order valence-corrected chi connectivity index (χ3v) is 4.19. The van der Waals surface area contributed by atoms with Crippen LogP contribution in [0.5, 0.6) is 0 Å². The van der Waals surface area contributed by atoms with Crippen LogP contribution in [-0.2, 0) is 14.8 Å². The van der Waals surface area contributed by atoms with Crippen LogP contribution in [0.15, 0.2) is 0 Å². The molecule has 0 saturated carbocycles. The fourth-order valence-electron chi connectivity index (χ4n) is 1.50. The smallest absolute Gasteiger partial charge is 0.310 e. The lowest BCUT2D eigenvalue weighted by molar-refractivity contribution is -0.146. The molecule has 1 aliphatic heterocycles. The molecular weight excluding hydrogens is 220 g/mol. The Labute approximate surface area is 88.2 Å². The van der Waals surface area contributed by atoms with Gasteiger partial charge in [0.15, 0.2) is 5.75 Å². The molecule has 1 aliphatic rings. The van der Waals surface area contributed by atoms with Crippen molar-refractivity contribution in [2.45, 2.75) is 13.3 Å². The number of rotatable bonds is 3. The summed E-state index contributed by atoms with van der Waals surface area (Å²) in [6, 6.07) is 1.56. The van der Waals surface area contributed by atoms with E-state index >= 15 is 0 Å². The Hall–Kier alpha value is -1.13. The lowest BCUT2D eigenvalue weighted by Crippen LogP contribution is -2.35. The minimum atomic E-state index is -3.61. The first-order valence-electron chi connectivity index (χ1n) is 4.40. The van der Waals surface area contributed by atoms with Gasteiger partial charge in [-0.15, -0.1) is 0 Å². The molecule has 6 nitrogen and oxygen atoms in total. The maximum Gasteiger partial charge on any atom is 0.310 e. The van der Waals surface area contributed by atoms with Crippen LogP contribution in [0, 0.1) is 16.7 Å². The molecular formula is C8H12N2O4S. The van der Waals surface area contributed by atoms with Gasteiger partial charge in [0.05, 0.1) is 11.5 Å². The van der Waals surface area contributed by atoms with E-state index < -0.39 is 27.2 Å². The molecule has 1 heterocycles. The summed E-state index contributed by atoms with van der Waals surface area (Å²) in [5, 5.41) is 17.2. The second-order valence-electron chi connectivity index (χ2n) is 3.86. The molecule has 1 fully saturated rings. The minimum absolute atomic E-state index is 0.0493. The number of carbonyl (C=O) groups is 1. The molecule has 1 atom stereocenters. The van der Waals surface area contributed by atoms with E-state index in [1.54, 1.807) is 6.07 Å². The summed E-state index contributed by atoms with van der Waals surface area (Å²) in [4.78, 5) is 10.9. The van der Waals surface area contributed by atoms with Crippen LogP contribution in [0.2, 0.25) is 0 Å². The number of nitriles is 1. The fraction of sp³-hybridized carbons (Fsp3) is 0.750. The standard InChI is InChI=1S/C8H12N2O4S/c1-8(7(11)12)2-4-10(6-8)15(13,14)5-3-9/h2,4-6H2,1H3,(H,11,12). The molecule has 15 heavy (non-hydrogen) atoms. The summed E-state index contributed by atoms with van der Waals surface area (Å²) in [5.41, 5.74) is -1.03. The Morgan fingerprint density at radius 2 is 2.27 bits per heavy atom. The highest BCUT2D eigenvalue weighted by Crippen LogP contribution is 2.31. The van der Waals surface area contributed by atoms with Gasteiger partial charge in [0, 0.05) is 13.1 Å². The Kier molecular flexibility index (Phi) is 3.02. The van der Waals surface area contributed by atoms with Crippen molar-refractivity contribution in [1.82, 2.24) is 4.31 Å². The Morgan fingerprint density at radius 1 is 1.67 bits per heavy atom. The zero-order valence-electron chi connectivity index (χ0n) is 8.30. The SMILES string of the molecule is CC1(C(=O)O)CCN(S(=O)(=O)CC#N)C1. The van der Waals surface area contributed by atoms with Gasteiger partial charge in [-0.1, -0.05) is 0 Å². The van der Waals surface area contributed by atoms with E-state index in [0.29, 0.717) is 0 Å². The molecule has 0 spiro atoms. The first-order valence-corrected chi connectivity index (χ1v) is 6.01. The van der Waals surface area contributed by atoms with Crippen LogP contribution in [-0.4, -0.2) is 42.6 Å². The highest BCUT2D eigenvalue weighted by Gasteiger charge is 2.44. The predicted molar refractivity (Wildman–Crippen MR) is 51.3 cm³/mol. The van der Waals surface area contributed by atoms with E-state index in [1.165, 1.54) is 6.92 Å². The third-order valence-electron chi connectivity index (χ3n) is 2.59. The van der Waals surface area contributed by atoms with Crippen molar-refractivity contribution < 1.29 is 18.3 Å². The number of aliphatic carboxylic acids is 1. The highest BCUT2D eigenvalue weighted by atomic mass is 32.2. The Balaban J connectivity index is 2.82. The van der Waals surface area contributed by atoms with Crippen molar-refractivity contribution in [2.24, 2.45) is 5.41 Å². The first kappa shape index (κ1) is 11.9. The predicted octanol–water partition coefficient (Wildman–Crippen LogP) is -0.364. The molecule has 0 amide bonds. The summed E-state index contributed by atoms with van der Waals surface area (Å²) < 4.78 is 24.0. The topological polar surface area (TPSA) is 98.5 Å². The monoisotopic (exact) mass is 232 g/mol. The van der Waals surface area contributed by atoms with Crippen molar-refractivity contribution in [3.8, 4) is 6.07 Å². The molecule has 0 bridgehead atoms. The van der Waals surface area contributed by atoms with Crippen LogP contribution in [0.1, 0.15) is 13.3 Å². The van der Waals surface area contributed by atoms with E-state index in [-0.39, 0.29) is 19.5 Å². The van der Waals surface area contributed by atoms with Gasteiger partial charge in [-0.05, 0) is 13.3 Å². The molecule has 0 aromatic rings. The van der Waals surface area contributed by atoms with E-state index in [1.807, 2.05) is 0 Å². The van der Waals surface area contributed by atoms with Crippen LogP contribution < -0.4 is 0 Å². The molecule has 1 N–H and O–H groups in total. The summed E-state index contributed by atoms with van der Waals surface area (Å²) in [7, 11) is -3.61. The first-order chi connectivity index (χ1) is 6.82. The van der Waals surface area contributed by atoms with Crippen LogP contribution in [0.3, 0.4) is 0 Å². The van der Waals surface area contributed by atoms with E-state index in [9.17, 15) is 13.2 Å². The van der Waals surface area contributed by atoms with Crippen LogP contribution in [0.4, 0.5) is 0 Å². The molecule has 0 aromatic heterocycles.